The summed E-state index contributed by atoms with van der Waals surface area (Å²) < 4.78 is 11.3. The number of rotatable bonds is 7. The summed E-state index contributed by atoms with van der Waals surface area (Å²) in [7, 11) is 0. The Morgan fingerprint density at radius 2 is 1.88 bits per heavy atom. The minimum absolute atomic E-state index is 0.341. The lowest BCUT2D eigenvalue weighted by atomic mass is 10.1. The Balaban J connectivity index is 1.94. The van der Waals surface area contributed by atoms with Gasteiger partial charge in [0.15, 0.2) is 0 Å². The molecule has 0 unspecified atom stereocenters. The fourth-order valence-electron chi connectivity index (χ4n) is 2.02. The Bertz CT molecular complexity index is 165. The van der Waals surface area contributed by atoms with Gasteiger partial charge in [0.1, 0.15) is 0 Å². The van der Waals surface area contributed by atoms with Gasteiger partial charge in [-0.05, 0) is 39.7 Å². The van der Waals surface area contributed by atoms with E-state index in [0.717, 1.165) is 19.6 Å². The molecule has 96 valence electrons. The topological polar surface area (TPSA) is 21.7 Å². The van der Waals surface area contributed by atoms with Gasteiger partial charge in [-0.15, -0.1) is 0 Å². The SMILES string of the molecule is CCN1CCC(OCCCOC(C)C)CC1. The van der Waals surface area contributed by atoms with E-state index >= 15 is 0 Å². The van der Waals surface area contributed by atoms with Gasteiger partial charge in [-0.1, -0.05) is 6.92 Å². The van der Waals surface area contributed by atoms with E-state index in [-0.39, 0.29) is 0 Å². The monoisotopic (exact) mass is 229 g/mol. The lowest BCUT2D eigenvalue weighted by molar-refractivity contribution is -0.00722. The average Bonchev–Trinajstić information content (AvgIpc) is 2.29. The van der Waals surface area contributed by atoms with Crippen molar-refractivity contribution in [3.63, 3.8) is 0 Å². The summed E-state index contributed by atoms with van der Waals surface area (Å²) in [5.41, 5.74) is 0. The van der Waals surface area contributed by atoms with Gasteiger partial charge in [-0.3, -0.25) is 0 Å². The molecule has 0 aromatic rings. The van der Waals surface area contributed by atoms with Crippen LogP contribution in [-0.4, -0.2) is 50.0 Å². The molecule has 1 aliphatic heterocycles. The third-order valence-electron chi connectivity index (χ3n) is 3.08. The minimum atomic E-state index is 0.341. The molecule has 1 saturated heterocycles. The Morgan fingerprint density at radius 3 is 2.44 bits per heavy atom. The number of hydrogen-bond acceptors (Lipinski definition) is 3. The Morgan fingerprint density at radius 1 is 1.19 bits per heavy atom. The number of piperidine rings is 1. The zero-order chi connectivity index (χ0) is 11.8. The van der Waals surface area contributed by atoms with Crippen LogP contribution in [0.1, 0.15) is 40.0 Å². The predicted molar refractivity (Wildman–Crippen MR) is 66.8 cm³/mol. The molecule has 0 spiro atoms. The van der Waals surface area contributed by atoms with Gasteiger partial charge in [0.05, 0.1) is 12.2 Å². The van der Waals surface area contributed by atoms with E-state index in [1.807, 2.05) is 0 Å². The van der Waals surface area contributed by atoms with Crippen LogP contribution in [0.4, 0.5) is 0 Å². The van der Waals surface area contributed by atoms with Gasteiger partial charge in [0.25, 0.3) is 0 Å². The molecular formula is C13H27NO2. The molecule has 16 heavy (non-hydrogen) atoms. The van der Waals surface area contributed by atoms with Crippen LogP contribution in [0.25, 0.3) is 0 Å². The summed E-state index contributed by atoms with van der Waals surface area (Å²) >= 11 is 0. The molecule has 1 rings (SSSR count). The van der Waals surface area contributed by atoms with Crippen molar-refractivity contribution in [3.05, 3.63) is 0 Å². The molecule has 0 aromatic heterocycles. The Hall–Kier alpha value is -0.120. The molecule has 1 heterocycles. The molecule has 0 amide bonds. The summed E-state index contributed by atoms with van der Waals surface area (Å²) in [4.78, 5) is 2.49. The first kappa shape index (κ1) is 13.9. The normalized spacial score (nSPS) is 19.5. The number of hydrogen-bond donors (Lipinski definition) is 0. The molecule has 0 saturated carbocycles. The van der Waals surface area contributed by atoms with Crippen molar-refractivity contribution in [2.75, 3.05) is 32.8 Å². The largest absolute Gasteiger partial charge is 0.379 e. The molecule has 3 nitrogen and oxygen atoms in total. The van der Waals surface area contributed by atoms with Crippen LogP contribution in [-0.2, 0) is 9.47 Å². The molecule has 1 aliphatic rings. The van der Waals surface area contributed by atoms with E-state index in [4.69, 9.17) is 9.47 Å². The highest BCUT2D eigenvalue weighted by Crippen LogP contribution is 2.13. The third-order valence-corrected chi connectivity index (χ3v) is 3.08. The highest BCUT2D eigenvalue weighted by molar-refractivity contribution is 4.71. The van der Waals surface area contributed by atoms with Crippen molar-refractivity contribution < 1.29 is 9.47 Å². The quantitative estimate of drug-likeness (QED) is 0.625. The second-order valence-corrected chi connectivity index (χ2v) is 4.78. The molecule has 0 aromatic carbocycles. The maximum Gasteiger partial charge on any atom is 0.0599 e. The van der Waals surface area contributed by atoms with Crippen molar-refractivity contribution in [1.82, 2.24) is 4.90 Å². The summed E-state index contributed by atoms with van der Waals surface area (Å²) in [6.45, 7) is 11.6. The van der Waals surface area contributed by atoms with E-state index in [1.165, 1.54) is 32.5 Å². The Labute approximate surface area is 100 Å². The molecular weight excluding hydrogens is 202 g/mol. The lowest BCUT2D eigenvalue weighted by Crippen LogP contribution is -2.36. The molecule has 1 fully saturated rings. The number of likely N-dealkylation sites (tertiary alicyclic amines) is 1. The van der Waals surface area contributed by atoms with Gasteiger partial charge in [0, 0.05) is 26.3 Å². The van der Waals surface area contributed by atoms with Crippen LogP contribution < -0.4 is 0 Å². The van der Waals surface area contributed by atoms with Crippen LogP contribution in [0.2, 0.25) is 0 Å². The highest BCUT2D eigenvalue weighted by Gasteiger charge is 2.17. The first-order valence-corrected chi connectivity index (χ1v) is 6.68. The molecule has 3 heteroatoms. The van der Waals surface area contributed by atoms with Crippen LogP contribution in [0.5, 0.6) is 0 Å². The van der Waals surface area contributed by atoms with E-state index in [2.05, 4.69) is 25.7 Å². The number of ether oxygens (including phenoxy) is 2. The van der Waals surface area contributed by atoms with Crippen molar-refractivity contribution in [2.45, 2.75) is 52.2 Å². The standard InChI is InChI=1S/C13H27NO2/c1-4-14-8-6-13(7-9-14)16-11-5-10-15-12(2)3/h12-13H,4-11H2,1-3H3. The van der Waals surface area contributed by atoms with Crippen LogP contribution >= 0.6 is 0 Å². The van der Waals surface area contributed by atoms with Gasteiger partial charge in [0.2, 0.25) is 0 Å². The van der Waals surface area contributed by atoms with Crippen LogP contribution in [0.15, 0.2) is 0 Å². The molecule has 0 bridgehead atoms. The number of nitrogens with zero attached hydrogens (tertiary/aromatic N) is 1. The smallest absolute Gasteiger partial charge is 0.0599 e. The van der Waals surface area contributed by atoms with Gasteiger partial charge in [-0.25, -0.2) is 0 Å². The summed E-state index contributed by atoms with van der Waals surface area (Å²) in [5, 5.41) is 0. The predicted octanol–water partition coefficient (Wildman–Crippen LogP) is 2.30. The maximum atomic E-state index is 5.85. The van der Waals surface area contributed by atoms with Crippen molar-refractivity contribution in [3.8, 4) is 0 Å². The Kier molecular flexibility index (Phi) is 7.01. The van der Waals surface area contributed by atoms with Gasteiger partial charge < -0.3 is 14.4 Å². The van der Waals surface area contributed by atoms with E-state index in [1.54, 1.807) is 0 Å². The van der Waals surface area contributed by atoms with E-state index in [9.17, 15) is 0 Å². The average molecular weight is 229 g/mol. The second kappa shape index (κ2) is 8.04. The fraction of sp³-hybridized carbons (Fsp3) is 1.00. The molecule has 0 aliphatic carbocycles. The lowest BCUT2D eigenvalue weighted by Gasteiger charge is -2.30. The molecule has 0 radical (unpaired) electrons. The van der Waals surface area contributed by atoms with E-state index < -0.39 is 0 Å². The first-order valence-electron chi connectivity index (χ1n) is 6.68. The third kappa shape index (κ3) is 5.83. The zero-order valence-corrected chi connectivity index (χ0v) is 11.1. The zero-order valence-electron chi connectivity index (χ0n) is 11.1. The van der Waals surface area contributed by atoms with Crippen molar-refractivity contribution in [2.24, 2.45) is 0 Å². The molecule has 0 atom stereocenters. The summed E-state index contributed by atoms with van der Waals surface area (Å²) in [6, 6.07) is 0. The fourth-order valence-corrected chi connectivity index (χ4v) is 2.02. The highest BCUT2D eigenvalue weighted by atomic mass is 16.5. The van der Waals surface area contributed by atoms with Crippen LogP contribution in [0.3, 0.4) is 0 Å². The van der Waals surface area contributed by atoms with Crippen molar-refractivity contribution >= 4 is 0 Å². The summed E-state index contributed by atoms with van der Waals surface area (Å²) in [6.07, 6.45) is 4.24. The minimum Gasteiger partial charge on any atom is -0.379 e. The van der Waals surface area contributed by atoms with E-state index in [0.29, 0.717) is 12.2 Å². The van der Waals surface area contributed by atoms with Crippen molar-refractivity contribution in [1.29, 1.82) is 0 Å². The van der Waals surface area contributed by atoms with Gasteiger partial charge >= 0.3 is 0 Å². The molecule has 0 N–H and O–H groups in total. The second-order valence-electron chi connectivity index (χ2n) is 4.78. The maximum absolute atomic E-state index is 5.85. The first-order chi connectivity index (χ1) is 7.72. The summed E-state index contributed by atoms with van der Waals surface area (Å²) in [5.74, 6) is 0. The van der Waals surface area contributed by atoms with Gasteiger partial charge in [-0.2, -0.15) is 0 Å². The van der Waals surface area contributed by atoms with Crippen LogP contribution in [0, 0.1) is 0 Å².